The smallest absolute Gasteiger partial charge is 0.304 e. The number of hydrogen-bond donors (Lipinski definition) is 1. The summed E-state index contributed by atoms with van der Waals surface area (Å²) in [6.45, 7) is 3.01. The fraction of sp³-hybridized carbons (Fsp3) is 0.636. The Labute approximate surface area is 121 Å². The number of anilines is 1. The van der Waals surface area contributed by atoms with E-state index in [1.807, 2.05) is 0 Å². The van der Waals surface area contributed by atoms with Gasteiger partial charge in [0.05, 0.1) is 4.92 Å². The number of hydrogen-bond acceptors (Lipinski definition) is 6. The Kier molecular flexibility index (Phi) is 4.31. The van der Waals surface area contributed by atoms with Crippen LogP contribution in [0, 0.1) is 16.0 Å². The minimum Gasteiger partial charge on any atom is -0.385 e. The summed E-state index contributed by atoms with van der Waals surface area (Å²) in [7, 11) is -3.68. The van der Waals surface area contributed by atoms with Crippen LogP contribution < -0.4 is 5.73 Å². The van der Waals surface area contributed by atoms with Gasteiger partial charge in [0.15, 0.2) is 5.00 Å². The van der Waals surface area contributed by atoms with Crippen LogP contribution in [-0.4, -0.2) is 30.7 Å². The average Bonchev–Trinajstić information content (AvgIpc) is 2.62. The van der Waals surface area contributed by atoms with Crippen LogP contribution in [-0.2, 0) is 10.0 Å². The summed E-state index contributed by atoms with van der Waals surface area (Å²) in [5.41, 5.74) is 5.18. The molecule has 9 heteroatoms. The fourth-order valence-electron chi connectivity index (χ4n) is 2.25. The molecular weight excluding hydrogens is 302 g/mol. The van der Waals surface area contributed by atoms with Crippen molar-refractivity contribution >= 4 is 32.0 Å². The Morgan fingerprint density at radius 1 is 1.45 bits per heavy atom. The Bertz CT molecular complexity index is 611. The molecule has 2 rings (SSSR count). The monoisotopic (exact) mass is 319 g/mol. The quantitative estimate of drug-likeness (QED) is 0.678. The lowest BCUT2D eigenvalue weighted by Gasteiger charge is -2.18. The summed E-state index contributed by atoms with van der Waals surface area (Å²) in [5.74, 6) is 0.498. The van der Waals surface area contributed by atoms with Gasteiger partial charge in [-0.1, -0.05) is 18.3 Å². The van der Waals surface area contributed by atoms with Crippen molar-refractivity contribution in [3.63, 3.8) is 0 Å². The summed E-state index contributed by atoms with van der Waals surface area (Å²) in [6.07, 6.45) is 2.62. The zero-order chi connectivity index (χ0) is 14.9. The second kappa shape index (κ2) is 5.66. The normalized spacial score (nSPS) is 21.6. The second-order valence-electron chi connectivity index (χ2n) is 5.01. The summed E-state index contributed by atoms with van der Waals surface area (Å²) in [5, 5.41) is 10.7. The van der Waals surface area contributed by atoms with E-state index in [1.54, 1.807) is 0 Å². The first-order chi connectivity index (χ1) is 9.32. The molecule has 0 spiro atoms. The molecule has 0 aliphatic carbocycles. The van der Waals surface area contributed by atoms with Crippen LogP contribution in [0.3, 0.4) is 0 Å². The standard InChI is InChI=1S/C11H17N3O4S2/c1-8-3-2-5-13(6-4-8)20(17,18)10-7-9(14(15)16)11(12)19-10/h7-8H,2-6,12H2,1H3. The first-order valence-corrected chi connectivity index (χ1v) is 8.62. The summed E-state index contributed by atoms with van der Waals surface area (Å²) < 4.78 is 26.3. The third-order valence-corrected chi connectivity index (χ3v) is 6.79. The van der Waals surface area contributed by atoms with Crippen molar-refractivity contribution in [2.45, 2.75) is 30.4 Å². The van der Waals surface area contributed by atoms with Crippen molar-refractivity contribution in [3.05, 3.63) is 16.2 Å². The molecule has 1 aromatic heterocycles. The van der Waals surface area contributed by atoms with Gasteiger partial charge in [0.2, 0.25) is 0 Å². The van der Waals surface area contributed by atoms with Gasteiger partial charge in [-0.15, -0.1) is 0 Å². The Morgan fingerprint density at radius 3 is 2.75 bits per heavy atom. The van der Waals surface area contributed by atoms with Gasteiger partial charge in [0.1, 0.15) is 4.21 Å². The van der Waals surface area contributed by atoms with Gasteiger partial charge >= 0.3 is 5.69 Å². The van der Waals surface area contributed by atoms with Gasteiger partial charge in [0.25, 0.3) is 10.0 Å². The highest BCUT2D eigenvalue weighted by atomic mass is 32.2. The molecule has 1 saturated heterocycles. The van der Waals surface area contributed by atoms with E-state index in [1.165, 1.54) is 4.31 Å². The Balaban J connectivity index is 2.30. The van der Waals surface area contributed by atoms with Crippen molar-refractivity contribution in [1.29, 1.82) is 0 Å². The van der Waals surface area contributed by atoms with Crippen LogP contribution >= 0.6 is 11.3 Å². The molecule has 1 aliphatic rings. The van der Waals surface area contributed by atoms with Crippen LogP contribution in [0.5, 0.6) is 0 Å². The molecule has 1 atom stereocenters. The van der Waals surface area contributed by atoms with E-state index < -0.39 is 14.9 Å². The van der Waals surface area contributed by atoms with E-state index in [9.17, 15) is 18.5 Å². The Morgan fingerprint density at radius 2 is 2.15 bits per heavy atom. The molecule has 0 aromatic carbocycles. The van der Waals surface area contributed by atoms with Crippen LogP contribution in [0.25, 0.3) is 0 Å². The highest BCUT2D eigenvalue weighted by Crippen LogP contribution is 2.36. The molecule has 0 bridgehead atoms. The molecule has 0 radical (unpaired) electrons. The SMILES string of the molecule is CC1CCCN(S(=O)(=O)c2cc([N+](=O)[O-])c(N)s2)CC1. The molecular formula is C11H17N3O4S2. The summed E-state index contributed by atoms with van der Waals surface area (Å²) in [4.78, 5) is 10.1. The average molecular weight is 319 g/mol. The van der Waals surface area contributed by atoms with Gasteiger partial charge in [-0.2, -0.15) is 4.31 Å². The van der Waals surface area contributed by atoms with Gasteiger partial charge in [-0.05, 0) is 25.2 Å². The highest BCUT2D eigenvalue weighted by molar-refractivity contribution is 7.91. The minimum absolute atomic E-state index is 0.0451. The maximum absolute atomic E-state index is 12.5. The van der Waals surface area contributed by atoms with E-state index in [4.69, 9.17) is 5.73 Å². The third kappa shape index (κ3) is 2.94. The number of nitro groups is 1. The number of sulfonamides is 1. The minimum atomic E-state index is -3.68. The van der Waals surface area contributed by atoms with E-state index in [-0.39, 0.29) is 14.9 Å². The number of thiophene rings is 1. The summed E-state index contributed by atoms with van der Waals surface area (Å²) >= 11 is 0.757. The van der Waals surface area contributed by atoms with E-state index >= 15 is 0 Å². The first-order valence-electron chi connectivity index (χ1n) is 6.36. The van der Waals surface area contributed by atoms with Gasteiger partial charge in [0, 0.05) is 19.2 Å². The first kappa shape index (κ1) is 15.2. The van der Waals surface area contributed by atoms with Crippen molar-refractivity contribution < 1.29 is 13.3 Å². The zero-order valence-corrected chi connectivity index (χ0v) is 12.7. The lowest BCUT2D eigenvalue weighted by molar-refractivity contribution is -0.383. The molecule has 7 nitrogen and oxygen atoms in total. The van der Waals surface area contributed by atoms with Crippen molar-refractivity contribution in [2.75, 3.05) is 18.8 Å². The summed E-state index contributed by atoms with van der Waals surface area (Å²) in [6, 6.07) is 1.06. The molecule has 1 fully saturated rings. The fourth-order valence-corrected chi connectivity index (χ4v) is 5.11. The van der Waals surface area contributed by atoms with Gasteiger partial charge in [-0.25, -0.2) is 8.42 Å². The van der Waals surface area contributed by atoms with E-state index in [2.05, 4.69) is 6.92 Å². The predicted molar refractivity (Wildman–Crippen MR) is 77.2 cm³/mol. The molecule has 20 heavy (non-hydrogen) atoms. The third-order valence-electron chi connectivity index (χ3n) is 3.48. The van der Waals surface area contributed by atoms with Crippen LogP contribution in [0.1, 0.15) is 26.2 Å². The predicted octanol–water partition coefficient (Wildman–Crippen LogP) is 2.05. The molecule has 2 heterocycles. The number of nitrogens with two attached hydrogens (primary N) is 1. The molecule has 2 N–H and O–H groups in total. The van der Waals surface area contributed by atoms with Gasteiger partial charge < -0.3 is 5.73 Å². The lowest BCUT2D eigenvalue weighted by Crippen LogP contribution is -2.31. The molecule has 1 aromatic rings. The van der Waals surface area contributed by atoms with Crippen LogP contribution in [0.15, 0.2) is 10.3 Å². The van der Waals surface area contributed by atoms with Crippen LogP contribution in [0.2, 0.25) is 0 Å². The van der Waals surface area contributed by atoms with Crippen molar-refractivity contribution in [3.8, 4) is 0 Å². The number of rotatable bonds is 3. The van der Waals surface area contributed by atoms with Crippen LogP contribution in [0.4, 0.5) is 10.7 Å². The molecule has 112 valence electrons. The maximum Gasteiger partial charge on any atom is 0.304 e. The number of nitrogen functional groups attached to an aromatic ring is 1. The molecule has 0 saturated carbocycles. The Hall–Kier alpha value is -1.19. The van der Waals surface area contributed by atoms with E-state index in [0.29, 0.717) is 19.0 Å². The number of nitrogens with zero attached hydrogens (tertiary/aromatic N) is 2. The molecule has 0 amide bonds. The highest BCUT2D eigenvalue weighted by Gasteiger charge is 2.31. The molecule has 1 aliphatic heterocycles. The molecule has 1 unspecified atom stereocenters. The maximum atomic E-state index is 12.5. The van der Waals surface area contributed by atoms with Crippen molar-refractivity contribution in [1.82, 2.24) is 4.31 Å². The lowest BCUT2D eigenvalue weighted by atomic mass is 10.0. The second-order valence-corrected chi connectivity index (χ2v) is 8.26. The van der Waals surface area contributed by atoms with Crippen molar-refractivity contribution in [2.24, 2.45) is 5.92 Å². The largest absolute Gasteiger partial charge is 0.385 e. The van der Waals surface area contributed by atoms with E-state index in [0.717, 1.165) is 36.7 Å². The topological polar surface area (TPSA) is 107 Å². The zero-order valence-electron chi connectivity index (χ0n) is 11.1. The van der Waals surface area contributed by atoms with Gasteiger partial charge in [-0.3, -0.25) is 10.1 Å².